The Bertz CT molecular complexity index is 608. The highest BCUT2D eigenvalue weighted by atomic mass is 32.2. The number of hydrogen-bond donors (Lipinski definition) is 4. The lowest BCUT2D eigenvalue weighted by Gasteiger charge is -2.25. The molecule has 10 heteroatoms. The zero-order valence-electron chi connectivity index (χ0n) is 9.84. The number of nitrogen functional groups attached to an aromatic ring is 1. The van der Waals surface area contributed by atoms with Crippen molar-refractivity contribution in [1.29, 1.82) is 0 Å². The maximum Gasteiger partial charge on any atom is 0.281 e. The van der Waals surface area contributed by atoms with E-state index in [1.165, 1.54) is 12.3 Å². The van der Waals surface area contributed by atoms with Gasteiger partial charge in [0.15, 0.2) is 0 Å². The van der Waals surface area contributed by atoms with Crippen molar-refractivity contribution in [1.82, 2.24) is 20.0 Å². The number of piperazine rings is 1. The van der Waals surface area contributed by atoms with Gasteiger partial charge in [-0.2, -0.15) is 4.31 Å². The van der Waals surface area contributed by atoms with Crippen LogP contribution in [0.4, 0.5) is 0 Å². The maximum atomic E-state index is 12.2. The van der Waals surface area contributed by atoms with Crippen LogP contribution in [0.15, 0.2) is 17.2 Å². The number of aromatic amines is 1. The van der Waals surface area contributed by atoms with Gasteiger partial charge in [0.05, 0.1) is 6.54 Å². The Morgan fingerprint density at radius 3 is 2.84 bits per heavy atom. The largest absolute Gasteiger partial charge is 0.356 e. The van der Waals surface area contributed by atoms with Gasteiger partial charge in [-0.05, 0) is 6.07 Å². The van der Waals surface area contributed by atoms with Crippen LogP contribution in [0.2, 0.25) is 0 Å². The molecule has 1 aromatic rings. The number of nitrogens with zero attached hydrogens (tertiary/aromatic N) is 1. The summed E-state index contributed by atoms with van der Waals surface area (Å²) in [6, 6.07) is 1.17. The van der Waals surface area contributed by atoms with Gasteiger partial charge in [-0.15, -0.1) is 0 Å². The highest BCUT2D eigenvalue weighted by Crippen LogP contribution is 2.17. The molecule has 0 bridgehead atoms. The maximum absolute atomic E-state index is 12.2. The topological polar surface area (TPSA) is 137 Å². The van der Waals surface area contributed by atoms with Crippen molar-refractivity contribution in [2.24, 2.45) is 5.84 Å². The summed E-state index contributed by atoms with van der Waals surface area (Å²) in [5.41, 5.74) is 1.92. The van der Waals surface area contributed by atoms with Crippen LogP contribution in [-0.4, -0.2) is 49.2 Å². The molecule has 1 aliphatic rings. The fourth-order valence-corrected chi connectivity index (χ4v) is 3.09. The van der Waals surface area contributed by atoms with Crippen LogP contribution < -0.4 is 16.6 Å². The van der Waals surface area contributed by atoms with Crippen molar-refractivity contribution in [3.05, 3.63) is 18.0 Å². The number of sulfonamides is 1. The van der Waals surface area contributed by atoms with Crippen molar-refractivity contribution in [3.8, 4) is 0 Å². The Labute approximate surface area is 109 Å². The number of hydrogen-bond acceptors (Lipinski definition) is 5. The van der Waals surface area contributed by atoms with Gasteiger partial charge in [0, 0.05) is 19.3 Å². The van der Waals surface area contributed by atoms with E-state index in [1.54, 1.807) is 0 Å². The summed E-state index contributed by atoms with van der Waals surface area (Å²) in [7, 11) is -3.80. The van der Waals surface area contributed by atoms with Crippen LogP contribution in [0.3, 0.4) is 0 Å². The second kappa shape index (κ2) is 4.99. The fourth-order valence-electron chi connectivity index (χ4n) is 1.70. The van der Waals surface area contributed by atoms with Gasteiger partial charge in [-0.25, -0.2) is 14.3 Å². The molecule has 0 radical (unpaired) electrons. The first kappa shape index (κ1) is 13.5. The molecular weight excluding hydrogens is 274 g/mol. The zero-order valence-corrected chi connectivity index (χ0v) is 10.7. The third kappa shape index (κ3) is 2.59. The summed E-state index contributed by atoms with van der Waals surface area (Å²) >= 11 is 0. The summed E-state index contributed by atoms with van der Waals surface area (Å²) in [6.45, 7) is 0.224. The van der Waals surface area contributed by atoms with E-state index >= 15 is 0 Å². The highest BCUT2D eigenvalue weighted by molar-refractivity contribution is 7.89. The molecule has 5 N–H and O–H groups in total. The molecular formula is C9H13N5O4S. The number of nitrogens with one attached hydrogen (secondary N) is 3. The average Bonchev–Trinajstić information content (AvgIpc) is 2.88. The van der Waals surface area contributed by atoms with Crippen LogP contribution in [-0.2, 0) is 14.8 Å². The standard InChI is InChI=1S/C9H13N5O4S/c10-13-9(16)7-3-6(4-12-7)19(17,18)14-2-1-11-8(15)5-14/h3-4,12H,1-2,5,10H2,(H,11,15)(H,13,16). The number of H-pyrrole nitrogens is 1. The number of nitrogens with two attached hydrogens (primary N) is 1. The smallest absolute Gasteiger partial charge is 0.281 e. The summed E-state index contributed by atoms with van der Waals surface area (Å²) in [6.07, 6.45) is 1.19. The van der Waals surface area contributed by atoms with E-state index < -0.39 is 15.9 Å². The first-order chi connectivity index (χ1) is 8.95. The first-order valence-corrected chi connectivity index (χ1v) is 6.85. The van der Waals surface area contributed by atoms with Crippen molar-refractivity contribution in [2.75, 3.05) is 19.6 Å². The molecule has 0 atom stereocenters. The molecule has 1 fully saturated rings. The Balaban J connectivity index is 2.26. The molecule has 1 saturated heterocycles. The summed E-state index contributed by atoms with van der Waals surface area (Å²) in [5, 5.41) is 2.53. The van der Waals surface area contributed by atoms with Crippen LogP contribution in [0.5, 0.6) is 0 Å². The van der Waals surface area contributed by atoms with E-state index in [4.69, 9.17) is 5.84 Å². The molecule has 0 saturated carbocycles. The second-order valence-electron chi connectivity index (χ2n) is 3.91. The van der Waals surface area contributed by atoms with Crippen molar-refractivity contribution < 1.29 is 18.0 Å². The number of carbonyl (C=O) groups is 2. The van der Waals surface area contributed by atoms with Crippen LogP contribution in [0.1, 0.15) is 10.5 Å². The minimum Gasteiger partial charge on any atom is -0.356 e. The Hall–Kier alpha value is -1.91. The number of amides is 2. The van der Waals surface area contributed by atoms with Gasteiger partial charge in [0.2, 0.25) is 15.9 Å². The molecule has 2 amide bonds. The lowest BCUT2D eigenvalue weighted by Crippen LogP contribution is -2.49. The molecule has 1 aromatic heterocycles. The van der Waals surface area contributed by atoms with Gasteiger partial charge in [-0.1, -0.05) is 0 Å². The van der Waals surface area contributed by atoms with Gasteiger partial charge in [0.25, 0.3) is 5.91 Å². The quantitative estimate of drug-likeness (QED) is 0.282. The lowest BCUT2D eigenvalue weighted by molar-refractivity contribution is -0.122. The zero-order chi connectivity index (χ0) is 14.0. The predicted molar refractivity (Wildman–Crippen MR) is 64.2 cm³/mol. The second-order valence-corrected chi connectivity index (χ2v) is 5.85. The minimum absolute atomic E-state index is 0.0301. The minimum atomic E-state index is -3.80. The molecule has 1 aliphatic heterocycles. The Kier molecular flexibility index (Phi) is 3.55. The molecule has 104 valence electrons. The third-order valence-corrected chi connectivity index (χ3v) is 4.50. The molecule has 2 rings (SSSR count). The van der Waals surface area contributed by atoms with E-state index in [9.17, 15) is 18.0 Å². The van der Waals surface area contributed by atoms with Crippen molar-refractivity contribution >= 4 is 21.8 Å². The number of rotatable bonds is 3. The highest BCUT2D eigenvalue weighted by Gasteiger charge is 2.30. The molecule has 0 spiro atoms. The monoisotopic (exact) mass is 287 g/mol. The first-order valence-electron chi connectivity index (χ1n) is 5.41. The lowest BCUT2D eigenvalue weighted by atomic mass is 10.4. The third-order valence-electron chi connectivity index (χ3n) is 2.67. The van der Waals surface area contributed by atoms with Crippen molar-refractivity contribution in [3.63, 3.8) is 0 Å². The van der Waals surface area contributed by atoms with E-state index in [0.29, 0.717) is 0 Å². The van der Waals surface area contributed by atoms with Crippen LogP contribution in [0.25, 0.3) is 0 Å². The average molecular weight is 287 g/mol. The molecule has 2 heterocycles. The van der Waals surface area contributed by atoms with E-state index in [0.717, 1.165) is 4.31 Å². The summed E-state index contributed by atoms with van der Waals surface area (Å²) in [4.78, 5) is 24.9. The van der Waals surface area contributed by atoms with Crippen LogP contribution in [0, 0.1) is 0 Å². The Morgan fingerprint density at radius 1 is 1.47 bits per heavy atom. The molecule has 0 aliphatic carbocycles. The Morgan fingerprint density at radius 2 is 2.21 bits per heavy atom. The SMILES string of the molecule is NNC(=O)c1cc(S(=O)(=O)N2CCNC(=O)C2)c[nH]1. The van der Waals surface area contributed by atoms with Gasteiger partial charge < -0.3 is 10.3 Å². The molecule has 9 nitrogen and oxygen atoms in total. The van der Waals surface area contributed by atoms with E-state index in [-0.39, 0.29) is 36.1 Å². The number of carbonyl (C=O) groups excluding carboxylic acids is 2. The van der Waals surface area contributed by atoms with Gasteiger partial charge in [0.1, 0.15) is 10.6 Å². The van der Waals surface area contributed by atoms with E-state index in [1.807, 2.05) is 5.43 Å². The van der Waals surface area contributed by atoms with Crippen molar-refractivity contribution in [2.45, 2.75) is 4.90 Å². The summed E-state index contributed by atoms with van der Waals surface area (Å²) in [5.74, 6) is 3.97. The normalized spacial score (nSPS) is 17.0. The summed E-state index contributed by atoms with van der Waals surface area (Å²) < 4.78 is 25.5. The fraction of sp³-hybridized carbons (Fsp3) is 0.333. The van der Waals surface area contributed by atoms with Gasteiger partial charge >= 0.3 is 0 Å². The predicted octanol–water partition coefficient (Wildman–Crippen LogP) is -2.26. The molecule has 0 unspecified atom stereocenters. The molecule has 19 heavy (non-hydrogen) atoms. The number of aromatic nitrogens is 1. The van der Waals surface area contributed by atoms with Gasteiger partial charge in [-0.3, -0.25) is 15.0 Å². The molecule has 0 aromatic carbocycles. The number of hydrazine groups is 1. The van der Waals surface area contributed by atoms with Crippen LogP contribution >= 0.6 is 0 Å². The van der Waals surface area contributed by atoms with E-state index in [2.05, 4.69) is 10.3 Å².